The lowest BCUT2D eigenvalue weighted by molar-refractivity contribution is 1.18. The Kier molecular flexibility index (Phi) is 5.83. The van der Waals surface area contributed by atoms with Crippen LogP contribution < -0.4 is 4.90 Å². The van der Waals surface area contributed by atoms with E-state index in [0.717, 1.165) is 39.2 Å². The Labute approximate surface area is 250 Å². The number of para-hydroxylation sites is 3. The molecule has 43 heavy (non-hydrogen) atoms. The molecule has 0 saturated heterocycles. The molecule has 3 nitrogen and oxygen atoms in total. The maximum atomic E-state index is 4.87. The Morgan fingerprint density at radius 2 is 1.35 bits per heavy atom. The van der Waals surface area contributed by atoms with E-state index in [1.54, 1.807) is 0 Å². The van der Waals surface area contributed by atoms with Crippen LogP contribution in [0.4, 0.5) is 11.4 Å². The number of pyridine rings is 1. The lowest BCUT2D eigenvalue weighted by atomic mass is 10.00. The van der Waals surface area contributed by atoms with Crippen molar-refractivity contribution in [1.29, 1.82) is 0 Å². The van der Waals surface area contributed by atoms with Crippen molar-refractivity contribution in [3.63, 3.8) is 0 Å². The summed E-state index contributed by atoms with van der Waals surface area (Å²) < 4.78 is 2.40. The van der Waals surface area contributed by atoms with Crippen molar-refractivity contribution in [2.75, 3.05) is 4.90 Å². The third-order valence-electron chi connectivity index (χ3n) is 8.47. The highest BCUT2D eigenvalue weighted by Gasteiger charge is 2.21. The van der Waals surface area contributed by atoms with Gasteiger partial charge in [0.25, 0.3) is 0 Å². The molecule has 0 unspecified atom stereocenters. The Morgan fingerprint density at radius 1 is 0.651 bits per heavy atom. The van der Waals surface area contributed by atoms with E-state index in [9.17, 15) is 0 Å². The van der Waals surface area contributed by atoms with Crippen molar-refractivity contribution in [1.82, 2.24) is 9.55 Å². The topological polar surface area (TPSA) is 21.1 Å². The zero-order chi connectivity index (χ0) is 28.9. The van der Waals surface area contributed by atoms with Crippen LogP contribution in [0.3, 0.4) is 0 Å². The SMILES string of the molecule is C=C(c1cccc(-n2c3ccccc3c3c4ccccc4c4ncccc4c32)c1)N(c1ccccc1)c1ccccc1C. The van der Waals surface area contributed by atoms with Gasteiger partial charge in [0, 0.05) is 50.5 Å². The largest absolute Gasteiger partial charge is 0.310 e. The number of aryl methyl sites for hydroxylation is 1. The van der Waals surface area contributed by atoms with E-state index in [1.165, 1.54) is 38.1 Å². The van der Waals surface area contributed by atoms with E-state index in [4.69, 9.17) is 4.98 Å². The molecule has 0 amide bonds. The van der Waals surface area contributed by atoms with E-state index in [0.29, 0.717) is 0 Å². The molecule has 8 rings (SSSR count). The van der Waals surface area contributed by atoms with Gasteiger partial charge in [-0.25, -0.2) is 0 Å². The lowest BCUT2D eigenvalue weighted by Crippen LogP contribution is -2.16. The van der Waals surface area contributed by atoms with E-state index in [-0.39, 0.29) is 0 Å². The predicted octanol–water partition coefficient (Wildman–Crippen LogP) is 10.6. The minimum atomic E-state index is 0.917. The van der Waals surface area contributed by atoms with Crippen LogP contribution >= 0.6 is 0 Å². The molecule has 6 aromatic carbocycles. The Morgan fingerprint density at radius 3 is 2.19 bits per heavy atom. The number of fused-ring (bicyclic) bond motifs is 8. The zero-order valence-corrected chi connectivity index (χ0v) is 23.9. The highest BCUT2D eigenvalue weighted by Crippen LogP contribution is 2.42. The molecule has 2 aromatic heterocycles. The van der Waals surface area contributed by atoms with Gasteiger partial charge in [-0.05, 0) is 72.0 Å². The van der Waals surface area contributed by atoms with Gasteiger partial charge in [-0.1, -0.05) is 97.6 Å². The van der Waals surface area contributed by atoms with Gasteiger partial charge in [0.1, 0.15) is 0 Å². The molecule has 0 aliphatic carbocycles. The molecule has 8 aromatic rings. The minimum Gasteiger partial charge on any atom is -0.310 e. The fourth-order valence-electron chi connectivity index (χ4n) is 6.54. The van der Waals surface area contributed by atoms with Gasteiger partial charge in [-0.2, -0.15) is 0 Å². The summed E-state index contributed by atoms with van der Waals surface area (Å²) >= 11 is 0. The second kappa shape index (κ2) is 10.0. The second-order valence-corrected chi connectivity index (χ2v) is 11.0. The zero-order valence-electron chi connectivity index (χ0n) is 23.9. The Bertz CT molecular complexity index is 2330. The first-order valence-electron chi connectivity index (χ1n) is 14.6. The summed E-state index contributed by atoms with van der Waals surface area (Å²) in [7, 11) is 0. The molecule has 0 bridgehead atoms. The third kappa shape index (κ3) is 3.93. The number of hydrogen-bond donors (Lipinski definition) is 0. The molecule has 0 spiro atoms. The van der Waals surface area contributed by atoms with Gasteiger partial charge in [-0.3, -0.25) is 4.98 Å². The molecule has 0 radical (unpaired) electrons. The highest BCUT2D eigenvalue weighted by molar-refractivity contribution is 6.31. The predicted molar refractivity (Wildman–Crippen MR) is 182 cm³/mol. The van der Waals surface area contributed by atoms with Crippen molar-refractivity contribution < 1.29 is 0 Å². The van der Waals surface area contributed by atoms with Crippen molar-refractivity contribution in [2.45, 2.75) is 6.92 Å². The summed E-state index contributed by atoms with van der Waals surface area (Å²) in [6, 6.07) is 49.3. The van der Waals surface area contributed by atoms with Gasteiger partial charge >= 0.3 is 0 Å². The third-order valence-corrected chi connectivity index (χ3v) is 8.47. The van der Waals surface area contributed by atoms with Crippen LogP contribution in [-0.2, 0) is 0 Å². The smallest absolute Gasteiger partial charge is 0.0801 e. The highest BCUT2D eigenvalue weighted by atomic mass is 15.1. The molecule has 2 heterocycles. The fraction of sp³-hybridized carbons (Fsp3) is 0.0250. The number of anilines is 2. The van der Waals surface area contributed by atoms with Crippen LogP contribution in [0.25, 0.3) is 54.9 Å². The molecule has 0 aliphatic heterocycles. The molecule has 0 N–H and O–H groups in total. The summed E-state index contributed by atoms with van der Waals surface area (Å²) in [6.07, 6.45) is 1.89. The van der Waals surface area contributed by atoms with Crippen molar-refractivity contribution in [3.05, 3.63) is 163 Å². The molecular formula is C40H29N3. The molecule has 0 aliphatic rings. The second-order valence-electron chi connectivity index (χ2n) is 11.0. The normalized spacial score (nSPS) is 11.5. The minimum absolute atomic E-state index is 0.917. The summed E-state index contributed by atoms with van der Waals surface area (Å²) in [6.45, 7) is 6.81. The van der Waals surface area contributed by atoms with Crippen LogP contribution in [0.1, 0.15) is 11.1 Å². The van der Waals surface area contributed by atoms with E-state index in [1.807, 2.05) is 18.3 Å². The monoisotopic (exact) mass is 551 g/mol. The average molecular weight is 552 g/mol. The van der Waals surface area contributed by atoms with Crippen LogP contribution in [0, 0.1) is 6.92 Å². The lowest BCUT2D eigenvalue weighted by Gasteiger charge is -2.29. The van der Waals surface area contributed by atoms with Crippen LogP contribution in [0.2, 0.25) is 0 Å². The van der Waals surface area contributed by atoms with E-state index in [2.05, 4.69) is 150 Å². The van der Waals surface area contributed by atoms with Gasteiger partial charge < -0.3 is 9.47 Å². The van der Waals surface area contributed by atoms with Gasteiger partial charge in [0.05, 0.1) is 16.6 Å². The Hall–Kier alpha value is -5.67. The van der Waals surface area contributed by atoms with Crippen LogP contribution in [0.15, 0.2) is 152 Å². The number of nitrogens with zero attached hydrogens (tertiary/aromatic N) is 3. The quantitative estimate of drug-likeness (QED) is 0.198. The fourth-order valence-corrected chi connectivity index (χ4v) is 6.54. The number of benzene rings is 6. The molecule has 204 valence electrons. The number of rotatable bonds is 5. The van der Waals surface area contributed by atoms with E-state index >= 15 is 0 Å². The number of hydrogen-bond acceptors (Lipinski definition) is 2. The van der Waals surface area contributed by atoms with Crippen molar-refractivity contribution in [2.24, 2.45) is 0 Å². The molecule has 0 atom stereocenters. The molecule has 3 heteroatoms. The molecule has 0 saturated carbocycles. The van der Waals surface area contributed by atoms with Gasteiger partial charge in [0.2, 0.25) is 0 Å². The van der Waals surface area contributed by atoms with Crippen molar-refractivity contribution in [3.8, 4) is 5.69 Å². The average Bonchev–Trinajstić information content (AvgIpc) is 3.42. The van der Waals surface area contributed by atoms with E-state index < -0.39 is 0 Å². The maximum absolute atomic E-state index is 4.87. The first kappa shape index (κ1) is 25.1. The molecule has 0 fully saturated rings. The molecular weight excluding hydrogens is 522 g/mol. The van der Waals surface area contributed by atoms with Crippen LogP contribution in [-0.4, -0.2) is 9.55 Å². The first-order valence-corrected chi connectivity index (χ1v) is 14.6. The summed E-state index contributed by atoms with van der Waals surface area (Å²) in [5, 5.41) is 6.01. The first-order chi connectivity index (χ1) is 21.2. The number of aromatic nitrogens is 2. The summed E-state index contributed by atoms with van der Waals surface area (Å²) in [5.41, 5.74) is 9.80. The van der Waals surface area contributed by atoms with Crippen LogP contribution in [0.5, 0.6) is 0 Å². The standard InChI is InChI=1S/C40H29N3/c1-27-14-6-10-23-36(27)42(30-16-4-3-5-17-30)28(2)29-15-12-18-31(26-29)43-37-24-11-9-21-34(37)38-32-19-7-8-20-33(32)39-35(40(38)43)22-13-25-41-39/h3-26H,2H2,1H3. The Balaban J connectivity index is 1.40. The van der Waals surface area contributed by atoms with Gasteiger partial charge in [-0.15, -0.1) is 0 Å². The summed E-state index contributed by atoms with van der Waals surface area (Å²) in [4.78, 5) is 7.13. The van der Waals surface area contributed by atoms with Gasteiger partial charge in [0.15, 0.2) is 0 Å². The maximum Gasteiger partial charge on any atom is 0.0801 e. The van der Waals surface area contributed by atoms with Crippen molar-refractivity contribution >= 4 is 60.6 Å². The summed E-state index contributed by atoms with van der Waals surface area (Å²) in [5.74, 6) is 0.